The molecule has 1 aromatic rings. The van der Waals surface area contributed by atoms with Gasteiger partial charge in [0, 0.05) is 29.2 Å². The first kappa shape index (κ1) is 14.2. The van der Waals surface area contributed by atoms with E-state index in [1.165, 1.54) is 11.8 Å². The molecular weight excluding hydrogens is 258 g/mol. The Hall–Kier alpha value is -1.20. The van der Waals surface area contributed by atoms with Crippen LogP contribution >= 0.6 is 11.8 Å². The van der Waals surface area contributed by atoms with E-state index in [1.54, 1.807) is 0 Å². The zero-order chi connectivity index (χ0) is 13.8. The quantitative estimate of drug-likeness (QED) is 0.807. The minimum Gasteiger partial charge on any atom is -0.380 e. The second-order valence-corrected chi connectivity index (χ2v) is 6.13. The zero-order valence-corrected chi connectivity index (χ0v) is 12.2. The summed E-state index contributed by atoms with van der Waals surface area (Å²) < 4.78 is 0. The second kappa shape index (κ2) is 6.30. The SMILES string of the molecule is CC1CC(Nc2ccccc2SCC(N)=O)CN1C. The maximum absolute atomic E-state index is 10.9. The summed E-state index contributed by atoms with van der Waals surface area (Å²) in [4.78, 5) is 14.3. The summed E-state index contributed by atoms with van der Waals surface area (Å²) in [7, 11) is 2.15. The fraction of sp³-hybridized carbons (Fsp3) is 0.500. The van der Waals surface area contributed by atoms with Crippen molar-refractivity contribution < 1.29 is 4.79 Å². The lowest BCUT2D eigenvalue weighted by Crippen LogP contribution is -2.25. The maximum Gasteiger partial charge on any atom is 0.227 e. The fourth-order valence-electron chi connectivity index (χ4n) is 2.38. The van der Waals surface area contributed by atoms with Gasteiger partial charge >= 0.3 is 0 Å². The van der Waals surface area contributed by atoms with Crippen molar-refractivity contribution in [1.29, 1.82) is 0 Å². The molecule has 104 valence electrons. The van der Waals surface area contributed by atoms with Crippen LogP contribution in [0.1, 0.15) is 13.3 Å². The molecule has 1 aliphatic rings. The number of primary amides is 1. The van der Waals surface area contributed by atoms with Crippen LogP contribution in [-0.2, 0) is 4.79 Å². The van der Waals surface area contributed by atoms with Gasteiger partial charge in [0.15, 0.2) is 0 Å². The standard InChI is InChI=1S/C14H21N3OS/c1-10-7-11(8-17(10)2)16-12-5-3-4-6-13(12)19-9-14(15)18/h3-6,10-11,16H,7-9H2,1-2H3,(H2,15,18). The van der Waals surface area contributed by atoms with E-state index >= 15 is 0 Å². The summed E-state index contributed by atoms with van der Waals surface area (Å²) in [5.74, 6) is 0.0358. The Morgan fingerprint density at radius 3 is 2.89 bits per heavy atom. The van der Waals surface area contributed by atoms with E-state index in [0.717, 1.165) is 23.5 Å². The predicted octanol–water partition coefficient (Wildman–Crippen LogP) is 1.77. The lowest BCUT2D eigenvalue weighted by molar-refractivity contribution is -0.115. The first-order valence-electron chi connectivity index (χ1n) is 6.53. The average molecular weight is 279 g/mol. The van der Waals surface area contributed by atoms with E-state index in [4.69, 9.17) is 5.73 Å². The number of thioether (sulfide) groups is 1. The normalized spacial score (nSPS) is 23.5. The van der Waals surface area contributed by atoms with Gasteiger partial charge in [-0.2, -0.15) is 0 Å². The van der Waals surface area contributed by atoms with Crippen LogP contribution in [0, 0.1) is 0 Å². The lowest BCUT2D eigenvalue weighted by Gasteiger charge is -2.17. The number of benzene rings is 1. The van der Waals surface area contributed by atoms with Crippen LogP contribution in [0.3, 0.4) is 0 Å². The van der Waals surface area contributed by atoms with Gasteiger partial charge in [-0.3, -0.25) is 4.79 Å². The molecule has 0 spiro atoms. The monoisotopic (exact) mass is 279 g/mol. The molecule has 0 aromatic heterocycles. The third-order valence-electron chi connectivity index (χ3n) is 3.50. The molecule has 1 amide bonds. The molecular formula is C14H21N3OS. The molecule has 2 rings (SSSR count). The zero-order valence-electron chi connectivity index (χ0n) is 11.4. The van der Waals surface area contributed by atoms with Crippen LogP contribution in [0.4, 0.5) is 5.69 Å². The predicted molar refractivity (Wildman–Crippen MR) is 80.5 cm³/mol. The number of nitrogens with zero attached hydrogens (tertiary/aromatic N) is 1. The summed E-state index contributed by atoms with van der Waals surface area (Å²) >= 11 is 1.49. The summed E-state index contributed by atoms with van der Waals surface area (Å²) in [6, 6.07) is 9.17. The molecule has 5 heteroatoms. The molecule has 0 bridgehead atoms. The van der Waals surface area contributed by atoms with Gasteiger partial charge in [-0.1, -0.05) is 12.1 Å². The van der Waals surface area contributed by atoms with Gasteiger partial charge in [-0.05, 0) is 32.5 Å². The van der Waals surface area contributed by atoms with Crippen molar-refractivity contribution in [3.05, 3.63) is 24.3 Å². The molecule has 0 radical (unpaired) electrons. The smallest absolute Gasteiger partial charge is 0.227 e. The molecule has 2 atom stereocenters. The van der Waals surface area contributed by atoms with E-state index in [1.807, 2.05) is 18.2 Å². The number of likely N-dealkylation sites (tertiary alicyclic amines) is 1. The summed E-state index contributed by atoms with van der Waals surface area (Å²) in [5, 5.41) is 3.58. The molecule has 1 heterocycles. The summed E-state index contributed by atoms with van der Waals surface area (Å²) in [5.41, 5.74) is 6.30. The van der Waals surface area contributed by atoms with Crippen LogP contribution in [0.25, 0.3) is 0 Å². The van der Waals surface area contributed by atoms with Gasteiger partial charge in [0.05, 0.1) is 5.75 Å². The van der Waals surface area contributed by atoms with E-state index in [2.05, 4.69) is 30.3 Å². The van der Waals surface area contributed by atoms with Gasteiger partial charge in [-0.25, -0.2) is 0 Å². The number of amides is 1. The molecule has 19 heavy (non-hydrogen) atoms. The Morgan fingerprint density at radius 1 is 1.53 bits per heavy atom. The Kier molecular flexibility index (Phi) is 4.71. The number of likely N-dealkylation sites (N-methyl/N-ethyl adjacent to an activating group) is 1. The van der Waals surface area contributed by atoms with Crippen molar-refractivity contribution in [3.63, 3.8) is 0 Å². The maximum atomic E-state index is 10.9. The second-order valence-electron chi connectivity index (χ2n) is 5.12. The van der Waals surface area contributed by atoms with Gasteiger partial charge in [0.25, 0.3) is 0 Å². The largest absolute Gasteiger partial charge is 0.380 e. The summed E-state index contributed by atoms with van der Waals surface area (Å²) in [6.45, 7) is 3.30. The third kappa shape index (κ3) is 3.88. The van der Waals surface area contributed by atoms with Crippen LogP contribution in [-0.4, -0.2) is 42.2 Å². The highest BCUT2D eigenvalue weighted by atomic mass is 32.2. The number of anilines is 1. The number of hydrogen-bond acceptors (Lipinski definition) is 4. The molecule has 1 aliphatic heterocycles. The van der Waals surface area contributed by atoms with Crippen molar-refractivity contribution in [3.8, 4) is 0 Å². The first-order chi connectivity index (χ1) is 9.06. The topological polar surface area (TPSA) is 58.4 Å². The fourth-order valence-corrected chi connectivity index (χ4v) is 3.13. The first-order valence-corrected chi connectivity index (χ1v) is 7.51. The van der Waals surface area contributed by atoms with E-state index < -0.39 is 0 Å². The molecule has 4 nitrogen and oxygen atoms in total. The minimum atomic E-state index is -0.283. The Labute approximate surface area is 118 Å². The highest BCUT2D eigenvalue weighted by Crippen LogP contribution is 2.29. The average Bonchev–Trinajstić information content (AvgIpc) is 2.67. The number of nitrogens with two attached hydrogens (primary N) is 1. The molecule has 2 unspecified atom stereocenters. The lowest BCUT2D eigenvalue weighted by atomic mass is 10.2. The number of hydrogen-bond donors (Lipinski definition) is 2. The van der Waals surface area contributed by atoms with Crippen molar-refractivity contribution in [2.45, 2.75) is 30.3 Å². The number of nitrogens with one attached hydrogen (secondary N) is 1. The summed E-state index contributed by atoms with van der Waals surface area (Å²) in [6.07, 6.45) is 1.14. The number of para-hydroxylation sites is 1. The number of carbonyl (C=O) groups is 1. The van der Waals surface area contributed by atoms with E-state index in [0.29, 0.717) is 17.8 Å². The minimum absolute atomic E-state index is 0.283. The highest BCUT2D eigenvalue weighted by Gasteiger charge is 2.26. The number of rotatable bonds is 5. The molecule has 3 N–H and O–H groups in total. The van der Waals surface area contributed by atoms with E-state index in [9.17, 15) is 4.79 Å². The van der Waals surface area contributed by atoms with Gasteiger partial charge in [-0.15, -0.1) is 11.8 Å². The molecule has 1 fully saturated rings. The van der Waals surface area contributed by atoms with Crippen LogP contribution in [0.2, 0.25) is 0 Å². The van der Waals surface area contributed by atoms with Crippen molar-refractivity contribution >= 4 is 23.4 Å². The third-order valence-corrected chi connectivity index (χ3v) is 4.60. The molecule has 1 aromatic carbocycles. The Morgan fingerprint density at radius 2 is 2.26 bits per heavy atom. The van der Waals surface area contributed by atoms with Crippen molar-refractivity contribution in [1.82, 2.24) is 4.90 Å². The van der Waals surface area contributed by atoms with Gasteiger partial charge in [0.2, 0.25) is 5.91 Å². The van der Waals surface area contributed by atoms with Crippen molar-refractivity contribution in [2.24, 2.45) is 5.73 Å². The molecule has 0 saturated carbocycles. The van der Waals surface area contributed by atoms with Crippen LogP contribution in [0.5, 0.6) is 0 Å². The Balaban J connectivity index is 2.01. The highest BCUT2D eigenvalue weighted by molar-refractivity contribution is 8.00. The Bertz CT molecular complexity index is 442. The number of carbonyl (C=O) groups excluding carboxylic acids is 1. The van der Waals surface area contributed by atoms with Gasteiger partial charge < -0.3 is 16.0 Å². The molecule has 1 saturated heterocycles. The van der Waals surface area contributed by atoms with Crippen molar-refractivity contribution in [2.75, 3.05) is 24.7 Å². The van der Waals surface area contributed by atoms with E-state index in [-0.39, 0.29) is 5.91 Å². The van der Waals surface area contributed by atoms with Gasteiger partial charge in [0.1, 0.15) is 0 Å². The van der Waals surface area contributed by atoms with Crippen LogP contribution in [0.15, 0.2) is 29.2 Å². The molecule has 0 aliphatic carbocycles. The van der Waals surface area contributed by atoms with Crippen LogP contribution < -0.4 is 11.1 Å².